The van der Waals surface area contributed by atoms with E-state index < -0.39 is 0 Å². The first-order valence-electron chi connectivity index (χ1n) is 8.12. The van der Waals surface area contributed by atoms with Crippen molar-refractivity contribution in [3.63, 3.8) is 0 Å². The van der Waals surface area contributed by atoms with E-state index in [1.165, 1.54) is 12.5 Å². The fraction of sp³-hybridized carbons (Fsp3) is 0.100. The number of fused-ring (bicyclic) bond motifs is 3. The molecule has 1 amide bonds. The number of nitrogens with zero attached hydrogens (tertiary/aromatic N) is 1. The predicted octanol–water partition coefficient (Wildman–Crippen LogP) is 4.73. The van der Waals surface area contributed by atoms with Gasteiger partial charge in [0.25, 0.3) is 0 Å². The minimum absolute atomic E-state index is 0.0877. The van der Waals surface area contributed by atoms with E-state index in [1.807, 2.05) is 24.3 Å². The number of hydrogen-bond acceptors (Lipinski definition) is 3. The van der Waals surface area contributed by atoms with Gasteiger partial charge in [0.2, 0.25) is 5.91 Å². The lowest BCUT2D eigenvalue weighted by molar-refractivity contribution is -0.114. The molecule has 0 aliphatic heterocycles. The maximum Gasteiger partial charge on any atom is 0.221 e. The zero-order chi connectivity index (χ0) is 17.4. The van der Waals surface area contributed by atoms with Crippen molar-refractivity contribution >= 4 is 44.9 Å². The number of nitrogens with one attached hydrogen (secondary N) is 3. The molecule has 2 heterocycles. The third kappa shape index (κ3) is 2.92. The van der Waals surface area contributed by atoms with Crippen molar-refractivity contribution in [2.75, 3.05) is 10.6 Å². The lowest BCUT2D eigenvalue weighted by Crippen LogP contribution is -2.05. The van der Waals surface area contributed by atoms with E-state index in [2.05, 4.69) is 51.8 Å². The van der Waals surface area contributed by atoms with Gasteiger partial charge in [-0.05, 0) is 37.3 Å². The zero-order valence-corrected chi connectivity index (χ0v) is 14.1. The number of H-pyrrole nitrogens is 1. The molecule has 0 spiro atoms. The van der Waals surface area contributed by atoms with Crippen LogP contribution in [0.2, 0.25) is 0 Å². The molecule has 0 fully saturated rings. The van der Waals surface area contributed by atoms with Crippen LogP contribution in [0.5, 0.6) is 0 Å². The number of carbonyl (C=O) groups excluding carboxylic acids is 1. The SMILES string of the molecule is CC(=O)Nc1ccc2c(c1)[nH]c1nccc(Nc3ccc(C)cc3)c12. The van der Waals surface area contributed by atoms with Gasteiger partial charge in [-0.2, -0.15) is 0 Å². The second-order valence-electron chi connectivity index (χ2n) is 6.14. The Labute approximate surface area is 145 Å². The molecule has 0 bridgehead atoms. The smallest absolute Gasteiger partial charge is 0.221 e. The molecular formula is C20H18N4O. The molecule has 0 saturated carbocycles. The van der Waals surface area contributed by atoms with Crippen LogP contribution in [0.15, 0.2) is 54.7 Å². The minimum Gasteiger partial charge on any atom is -0.355 e. The van der Waals surface area contributed by atoms with Crippen LogP contribution < -0.4 is 10.6 Å². The second kappa shape index (κ2) is 5.94. The molecule has 0 aliphatic rings. The van der Waals surface area contributed by atoms with Gasteiger partial charge >= 0.3 is 0 Å². The van der Waals surface area contributed by atoms with Gasteiger partial charge in [-0.25, -0.2) is 4.98 Å². The Balaban J connectivity index is 1.82. The number of hydrogen-bond donors (Lipinski definition) is 3. The molecule has 4 aromatic rings. The summed E-state index contributed by atoms with van der Waals surface area (Å²) >= 11 is 0. The lowest BCUT2D eigenvalue weighted by Gasteiger charge is -2.08. The number of benzene rings is 2. The third-order valence-corrected chi connectivity index (χ3v) is 4.14. The highest BCUT2D eigenvalue weighted by Gasteiger charge is 2.11. The van der Waals surface area contributed by atoms with Gasteiger partial charge in [-0.3, -0.25) is 4.79 Å². The number of rotatable bonds is 3. The van der Waals surface area contributed by atoms with Crippen LogP contribution in [0.4, 0.5) is 17.1 Å². The number of aryl methyl sites for hydroxylation is 1. The van der Waals surface area contributed by atoms with Crippen molar-refractivity contribution in [2.24, 2.45) is 0 Å². The first-order valence-corrected chi connectivity index (χ1v) is 8.12. The Kier molecular flexibility index (Phi) is 3.61. The van der Waals surface area contributed by atoms with E-state index in [-0.39, 0.29) is 5.91 Å². The molecule has 4 rings (SSSR count). The average Bonchev–Trinajstić information content (AvgIpc) is 2.95. The van der Waals surface area contributed by atoms with Gasteiger partial charge in [0, 0.05) is 35.4 Å². The Bertz CT molecular complexity index is 1080. The third-order valence-electron chi connectivity index (χ3n) is 4.14. The van der Waals surface area contributed by atoms with Crippen LogP contribution in [0.1, 0.15) is 12.5 Å². The van der Waals surface area contributed by atoms with E-state index in [9.17, 15) is 4.79 Å². The summed E-state index contributed by atoms with van der Waals surface area (Å²) in [5.74, 6) is -0.0877. The van der Waals surface area contributed by atoms with E-state index in [4.69, 9.17) is 0 Å². The summed E-state index contributed by atoms with van der Waals surface area (Å²) in [4.78, 5) is 19.0. The first kappa shape index (κ1) is 15.2. The van der Waals surface area contributed by atoms with Gasteiger partial charge in [0.05, 0.1) is 11.1 Å². The summed E-state index contributed by atoms with van der Waals surface area (Å²) < 4.78 is 0. The van der Waals surface area contributed by atoms with Crippen molar-refractivity contribution in [1.82, 2.24) is 9.97 Å². The summed E-state index contributed by atoms with van der Waals surface area (Å²) in [6.45, 7) is 3.57. The van der Waals surface area contributed by atoms with Crippen molar-refractivity contribution in [3.8, 4) is 0 Å². The van der Waals surface area contributed by atoms with Crippen LogP contribution in [0.3, 0.4) is 0 Å². The maximum absolute atomic E-state index is 11.3. The summed E-state index contributed by atoms with van der Waals surface area (Å²) in [5.41, 5.74) is 5.76. The molecule has 0 atom stereocenters. The highest BCUT2D eigenvalue weighted by atomic mass is 16.1. The fourth-order valence-electron chi connectivity index (χ4n) is 3.00. The topological polar surface area (TPSA) is 69.8 Å². The number of aromatic amines is 1. The van der Waals surface area contributed by atoms with Crippen LogP contribution in [0.25, 0.3) is 21.9 Å². The number of anilines is 3. The van der Waals surface area contributed by atoms with Crippen molar-refractivity contribution in [2.45, 2.75) is 13.8 Å². The largest absolute Gasteiger partial charge is 0.355 e. The summed E-state index contributed by atoms with van der Waals surface area (Å²) in [6, 6.07) is 16.1. The fourth-order valence-corrected chi connectivity index (χ4v) is 3.00. The number of aromatic nitrogens is 2. The van der Waals surface area contributed by atoms with Gasteiger partial charge in [0.15, 0.2) is 0 Å². The molecule has 0 aliphatic carbocycles. The molecular weight excluding hydrogens is 312 g/mol. The Morgan fingerprint density at radius 1 is 1.04 bits per heavy atom. The standard InChI is InChI=1S/C20H18N4O/c1-12-3-5-14(6-4-12)23-17-9-10-21-20-19(17)16-8-7-15(22-13(2)25)11-18(16)24-20/h3-11H,1-2H3,(H,22,25)(H2,21,23,24). The van der Waals surface area contributed by atoms with Gasteiger partial charge in [-0.15, -0.1) is 0 Å². The number of carbonyl (C=O) groups is 1. The molecule has 0 unspecified atom stereocenters. The molecule has 5 heteroatoms. The molecule has 124 valence electrons. The molecule has 5 nitrogen and oxygen atoms in total. The average molecular weight is 330 g/mol. The first-order chi connectivity index (χ1) is 12.1. The second-order valence-corrected chi connectivity index (χ2v) is 6.14. The quantitative estimate of drug-likeness (QED) is 0.509. The van der Waals surface area contributed by atoms with E-state index >= 15 is 0 Å². The monoisotopic (exact) mass is 330 g/mol. The Hall–Kier alpha value is -3.34. The highest BCUT2D eigenvalue weighted by molar-refractivity contribution is 6.13. The van der Waals surface area contributed by atoms with Crippen LogP contribution >= 0.6 is 0 Å². The minimum atomic E-state index is -0.0877. The molecule has 3 N–H and O–H groups in total. The van der Waals surface area contributed by atoms with Crippen LogP contribution in [-0.2, 0) is 4.79 Å². The van der Waals surface area contributed by atoms with Gasteiger partial charge in [-0.1, -0.05) is 23.8 Å². The predicted molar refractivity (Wildman–Crippen MR) is 102 cm³/mol. The lowest BCUT2D eigenvalue weighted by atomic mass is 10.1. The van der Waals surface area contributed by atoms with Crippen molar-refractivity contribution in [1.29, 1.82) is 0 Å². The molecule has 0 saturated heterocycles. The number of amides is 1. The zero-order valence-electron chi connectivity index (χ0n) is 14.1. The Morgan fingerprint density at radius 2 is 1.80 bits per heavy atom. The van der Waals surface area contributed by atoms with Gasteiger partial charge < -0.3 is 15.6 Å². The summed E-state index contributed by atoms with van der Waals surface area (Å²) in [6.07, 6.45) is 1.78. The van der Waals surface area contributed by atoms with Crippen LogP contribution in [0, 0.1) is 6.92 Å². The normalized spacial score (nSPS) is 11.0. The van der Waals surface area contributed by atoms with Gasteiger partial charge in [0.1, 0.15) is 5.65 Å². The molecule has 25 heavy (non-hydrogen) atoms. The number of pyridine rings is 1. The van der Waals surface area contributed by atoms with Crippen molar-refractivity contribution in [3.05, 3.63) is 60.3 Å². The summed E-state index contributed by atoms with van der Waals surface area (Å²) in [7, 11) is 0. The maximum atomic E-state index is 11.3. The van der Waals surface area contributed by atoms with E-state index in [0.29, 0.717) is 0 Å². The van der Waals surface area contributed by atoms with Crippen molar-refractivity contribution < 1.29 is 4.79 Å². The van der Waals surface area contributed by atoms with Crippen LogP contribution in [-0.4, -0.2) is 15.9 Å². The summed E-state index contributed by atoms with van der Waals surface area (Å²) in [5, 5.41) is 8.37. The van der Waals surface area contributed by atoms with E-state index in [0.717, 1.165) is 39.0 Å². The molecule has 2 aromatic heterocycles. The Morgan fingerprint density at radius 3 is 2.56 bits per heavy atom. The highest BCUT2D eigenvalue weighted by Crippen LogP contribution is 2.33. The molecule has 2 aromatic carbocycles. The van der Waals surface area contributed by atoms with E-state index in [1.54, 1.807) is 6.20 Å². The molecule has 0 radical (unpaired) electrons.